The van der Waals surface area contributed by atoms with Crippen LogP contribution in [0.4, 0.5) is 34.1 Å². The molecule has 64 heavy (non-hydrogen) atoms. The highest BCUT2D eigenvalue weighted by atomic mass is 32.1. The number of rotatable bonds is 7. The van der Waals surface area contributed by atoms with Crippen LogP contribution in [0.5, 0.6) is 0 Å². The number of anilines is 6. The summed E-state index contributed by atoms with van der Waals surface area (Å²) in [6.45, 7) is 0. The minimum atomic E-state index is -0.696. The lowest BCUT2D eigenvalue weighted by molar-refractivity contribution is 0.801. The van der Waals surface area contributed by atoms with Crippen molar-refractivity contribution in [2.45, 2.75) is 5.41 Å². The van der Waals surface area contributed by atoms with Crippen molar-refractivity contribution in [3.8, 4) is 32.7 Å². The lowest BCUT2D eigenvalue weighted by Gasteiger charge is -2.38. The Morgan fingerprint density at radius 3 is 1.58 bits per heavy atom. The van der Waals surface area contributed by atoms with Gasteiger partial charge in [0.05, 0.1) is 22.5 Å². The third kappa shape index (κ3) is 5.32. The minimum Gasteiger partial charge on any atom is -0.310 e. The van der Waals surface area contributed by atoms with E-state index in [1.807, 2.05) is 11.3 Å². The Morgan fingerprint density at radius 1 is 0.312 bits per heavy atom. The summed E-state index contributed by atoms with van der Waals surface area (Å²) in [6, 6.07) is 89.5. The topological polar surface area (TPSA) is 6.48 Å². The van der Waals surface area contributed by atoms with Crippen molar-refractivity contribution in [2.24, 2.45) is 0 Å². The first kappa shape index (κ1) is 36.7. The molecule has 0 fully saturated rings. The van der Waals surface area contributed by atoms with Crippen LogP contribution in [0, 0.1) is 0 Å². The molecule has 0 N–H and O–H groups in total. The second-order valence-corrected chi connectivity index (χ2v) is 17.8. The molecule has 0 amide bonds. The van der Waals surface area contributed by atoms with Crippen LogP contribution in [-0.4, -0.2) is 0 Å². The van der Waals surface area contributed by atoms with Gasteiger partial charge in [-0.05, 0) is 110 Å². The Morgan fingerprint density at radius 2 is 0.812 bits per heavy atom. The van der Waals surface area contributed by atoms with E-state index in [4.69, 9.17) is 0 Å². The Balaban J connectivity index is 1.17. The number of fused-ring (bicyclic) bond motifs is 13. The summed E-state index contributed by atoms with van der Waals surface area (Å²) in [5, 5.41) is 3.72. The third-order valence-electron chi connectivity index (χ3n) is 13.4. The summed E-state index contributed by atoms with van der Waals surface area (Å²) in [5.41, 5.74) is 17.6. The van der Waals surface area contributed by atoms with Gasteiger partial charge in [-0.1, -0.05) is 182 Å². The van der Waals surface area contributed by atoms with E-state index in [9.17, 15) is 0 Å². The summed E-state index contributed by atoms with van der Waals surface area (Å²) in [5.74, 6) is 0. The largest absolute Gasteiger partial charge is 0.310 e. The van der Waals surface area contributed by atoms with Crippen molar-refractivity contribution in [3.63, 3.8) is 0 Å². The highest BCUT2D eigenvalue weighted by Gasteiger charge is 2.56. The summed E-state index contributed by atoms with van der Waals surface area (Å²) >= 11 is 1.93. The molecule has 0 bridgehead atoms. The van der Waals surface area contributed by atoms with Gasteiger partial charge < -0.3 is 9.80 Å². The molecule has 0 saturated carbocycles. The predicted octanol–water partition coefficient (Wildman–Crippen LogP) is 17.0. The molecule has 300 valence electrons. The molecule has 2 aliphatic rings. The summed E-state index contributed by atoms with van der Waals surface area (Å²) in [6.07, 6.45) is 0. The molecular formula is C61H40N2S. The molecule has 1 atom stereocenters. The molecule has 1 heterocycles. The fraction of sp³-hybridized carbons (Fsp3) is 0.0164. The first-order valence-electron chi connectivity index (χ1n) is 22.0. The number of thiophene rings is 1. The maximum Gasteiger partial charge on any atom is 0.0781 e. The average Bonchev–Trinajstić information content (AvgIpc) is 4.00. The lowest BCUT2D eigenvalue weighted by Crippen LogP contribution is -2.30. The fourth-order valence-corrected chi connectivity index (χ4v) is 12.2. The van der Waals surface area contributed by atoms with Crippen molar-refractivity contribution in [1.29, 1.82) is 0 Å². The van der Waals surface area contributed by atoms with Gasteiger partial charge in [-0.15, -0.1) is 11.3 Å². The van der Waals surface area contributed by atoms with Crippen molar-refractivity contribution >= 4 is 66.3 Å². The zero-order chi connectivity index (χ0) is 42.2. The summed E-state index contributed by atoms with van der Waals surface area (Å²) in [4.78, 5) is 6.36. The van der Waals surface area contributed by atoms with Gasteiger partial charge in [0, 0.05) is 43.2 Å². The van der Waals surface area contributed by atoms with E-state index in [2.05, 4.69) is 252 Å². The molecule has 11 aromatic rings. The van der Waals surface area contributed by atoms with Crippen molar-refractivity contribution in [1.82, 2.24) is 0 Å². The van der Waals surface area contributed by atoms with Crippen LogP contribution < -0.4 is 9.80 Å². The summed E-state index contributed by atoms with van der Waals surface area (Å²) < 4.78 is 1.30. The zero-order valence-electron chi connectivity index (χ0n) is 34.9. The maximum atomic E-state index is 2.53. The predicted molar refractivity (Wildman–Crippen MR) is 270 cm³/mol. The zero-order valence-corrected chi connectivity index (χ0v) is 35.7. The molecule has 2 nitrogen and oxygen atoms in total. The second-order valence-electron chi connectivity index (χ2n) is 16.8. The molecule has 3 heteroatoms. The lowest BCUT2D eigenvalue weighted by atomic mass is 9.68. The Labute approximate surface area is 377 Å². The van der Waals surface area contributed by atoms with E-state index < -0.39 is 5.41 Å². The van der Waals surface area contributed by atoms with Gasteiger partial charge in [-0.3, -0.25) is 0 Å². The molecule has 2 aliphatic carbocycles. The first-order chi connectivity index (χ1) is 31.8. The van der Waals surface area contributed by atoms with Crippen LogP contribution in [0.1, 0.15) is 22.3 Å². The molecule has 13 rings (SSSR count). The fourth-order valence-electron chi connectivity index (χ4n) is 10.9. The molecule has 10 aromatic carbocycles. The van der Waals surface area contributed by atoms with Crippen LogP contribution in [0.25, 0.3) is 53.6 Å². The van der Waals surface area contributed by atoms with Gasteiger partial charge >= 0.3 is 0 Å². The quantitative estimate of drug-likeness (QED) is 0.158. The Hall–Kier alpha value is -7.98. The van der Waals surface area contributed by atoms with E-state index in [1.165, 1.54) is 81.5 Å². The molecule has 1 unspecified atom stereocenters. The Bertz CT molecular complexity index is 3550. The molecule has 1 aromatic heterocycles. The normalized spacial score (nSPS) is 14.3. The molecule has 0 saturated heterocycles. The van der Waals surface area contributed by atoms with E-state index in [0.29, 0.717) is 0 Å². The number of hydrogen-bond acceptors (Lipinski definition) is 3. The van der Waals surface area contributed by atoms with E-state index in [0.717, 1.165) is 28.4 Å². The van der Waals surface area contributed by atoms with E-state index in [-0.39, 0.29) is 0 Å². The molecular weight excluding hydrogens is 793 g/mol. The maximum absolute atomic E-state index is 2.53. The number of para-hydroxylation sites is 2. The molecule has 1 spiro atoms. The third-order valence-corrected chi connectivity index (χ3v) is 14.6. The van der Waals surface area contributed by atoms with Crippen LogP contribution >= 0.6 is 11.3 Å². The monoisotopic (exact) mass is 832 g/mol. The standard InChI is InChI=1S/C61H40N2S/c1-4-19-41(20-5-1)42-37-39-46(40-38-42)62(44-23-6-2-7-24-44)54-34-17-30-49-48-28-12-14-32-52(48)61(57(49)54)58-51(60-59(61)50-29-13-15-36-56(50)64-60)31-18-35-55(58)63(45-25-8-3-9-26-45)53-33-16-22-43-21-10-11-27-47(43)53/h1-40H. The van der Waals surface area contributed by atoms with Crippen LogP contribution in [0.15, 0.2) is 243 Å². The van der Waals surface area contributed by atoms with Gasteiger partial charge in [0.25, 0.3) is 0 Å². The first-order valence-corrected chi connectivity index (χ1v) is 22.8. The van der Waals surface area contributed by atoms with Crippen molar-refractivity contribution in [2.75, 3.05) is 9.80 Å². The number of hydrogen-bond donors (Lipinski definition) is 0. The minimum absolute atomic E-state index is 0.696. The SMILES string of the molecule is c1ccc(-c2ccc(N(c3ccccc3)c3cccc4c3C3(c5ccccc5-4)c4c(cccc4N(c4ccccc4)c4cccc5ccccc45)-c4sc5ccccc5c43)cc2)cc1. The smallest absolute Gasteiger partial charge is 0.0781 e. The van der Waals surface area contributed by atoms with Crippen molar-refractivity contribution < 1.29 is 0 Å². The number of benzene rings is 10. The average molecular weight is 833 g/mol. The second kappa shape index (κ2) is 14.6. The molecule has 0 aliphatic heterocycles. The Kier molecular flexibility index (Phi) is 8.34. The van der Waals surface area contributed by atoms with Crippen LogP contribution in [0.3, 0.4) is 0 Å². The van der Waals surface area contributed by atoms with Gasteiger partial charge in [0.2, 0.25) is 0 Å². The van der Waals surface area contributed by atoms with Gasteiger partial charge in [-0.25, -0.2) is 0 Å². The van der Waals surface area contributed by atoms with Gasteiger partial charge in [-0.2, -0.15) is 0 Å². The van der Waals surface area contributed by atoms with Crippen LogP contribution in [0.2, 0.25) is 0 Å². The summed E-state index contributed by atoms with van der Waals surface area (Å²) in [7, 11) is 0. The van der Waals surface area contributed by atoms with Gasteiger partial charge in [0.15, 0.2) is 0 Å². The van der Waals surface area contributed by atoms with E-state index >= 15 is 0 Å². The van der Waals surface area contributed by atoms with Crippen LogP contribution in [-0.2, 0) is 5.41 Å². The van der Waals surface area contributed by atoms with Gasteiger partial charge in [0.1, 0.15) is 0 Å². The van der Waals surface area contributed by atoms with Crippen molar-refractivity contribution in [3.05, 3.63) is 265 Å². The number of nitrogens with zero attached hydrogens (tertiary/aromatic N) is 2. The highest BCUT2D eigenvalue weighted by Crippen LogP contribution is 2.70. The molecule has 0 radical (unpaired) electrons. The van der Waals surface area contributed by atoms with E-state index in [1.54, 1.807) is 0 Å². The highest BCUT2D eigenvalue weighted by molar-refractivity contribution is 7.22.